The number of benzene rings is 1. The van der Waals surface area contributed by atoms with E-state index in [0.717, 1.165) is 38.4 Å². The monoisotopic (exact) mass is 279 g/mol. The van der Waals surface area contributed by atoms with Gasteiger partial charge in [0, 0.05) is 31.7 Å². The number of nitrogens with zero attached hydrogens (tertiary/aromatic N) is 2. The molecule has 20 heavy (non-hydrogen) atoms. The highest BCUT2D eigenvalue weighted by Gasteiger charge is 2.19. The Kier molecular flexibility index (Phi) is 4.92. The van der Waals surface area contributed by atoms with E-state index >= 15 is 0 Å². The minimum absolute atomic E-state index is 0.138. The number of para-hydroxylation sites is 1. The standard InChI is InChI=1S/C14H21N3O3/c1-11-4-3-5-13(17(18)19)14(11)15-12(2)10-16-6-8-20-9-7-16/h3-5,12,15H,6-10H2,1-2H3. The van der Waals surface area contributed by atoms with Crippen molar-refractivity contribution in [3.63, 3.8) is 0 Å². The van der Waals surface area contributed by atoms with Gasteiger partial charge in [-0.1, -0.05) is 12.1 Å². The molecule has 0 radical (unpaired) electrons. The maximum absolute atomic E-state index is 11.1. The summed E-state index contributed by atoms with van der Waals surface area (Å²) in [7, 11) is 0. The van der Waals surface area contributed by atoms with Gasteiger partial charge in [-0.05, 0) is 19.4 Å². The molecular formula is C14H21N3O3. The van der Waals surface area contributed by atoms with Crippen molar-refractivity contribution in [3.05, 3.63) is 33.9 Å². The molecule has 1 aromatic carbocycles. The Labute approximate surface area is 118 Å². The number of hydrogen-bond donors (Lipinski definition) is 1. The van der Waals surface area contributed by atoms with Gasteiger partial charge < -0.3 is 10.1 Å². The highest BCUT2D eigenvalue weighted by molar-refractivity contribution is 5.66. The normalized spacial score (nSPS) is 17.7. The second-order valence-corrected chi connectivity index (χ2v) is 5.18. The van der Waals surface area contributed by atoms with Crippen LogP contribution in [-0.2, 0) is 4.74 Å². The van der Waals surface area contributed by atoms with Crippen LogP contribution in [-0.4, -0.2) is 48.7 Å². The van der Waals surface area contributed by atoms with Crippen LogP contribution < -0.4 is 5.32 Å². The van der Waals surface area contributed by atoms with E-state index in [9.17, 15) is 10.1 Å². The minimum atomic E-state index is -0.337. The summed E-state index contributed by atoms with van der Waals surface area (Å²) in [6, 6.07) is 5.28. The van der Waals surface area contributed by atoms with E-state index in [1.165, 1.54) is 6.07 Å². The van der Waals surface area contributed by atoms with Gasteiger partial charge in [0.1, 0.15) is 5.69 Å². The summed E-state index contributed by atoms with van der Waals surface area (Å²) < 4.78 is 5.32. The van der Waals surface area contributed by atoms with Crippen LogP contribution in [0.2, 0.25) is 0 Å². The number of ether oxygens (including phenoxy) is 1. The molecule has 1 unspecified atom stereocenters. The summed E-state index contributed by atoms with van der Waals surface area (Å²) in [5.74, 6) is 0. The van der Waals surface area contributed by atoms with Gasteiger partial charge >= 0.3 is 0 Å². The molecule has 1 heterocycles. The summed E-state index contributed by atoms with van der Waals surface area (Å²) in [5.41, 5.74) is 1.66. The average molecular weight is 279 g/mol. The van der Waals surface area contributed by atoms with Crippen LogP contribution in [0.3, 0.4) is 0 Å². The molecule has 1 N–H and O–H groups in total. The molecule has 6 nitrogen and oxygen atoms in total. The van der Waals surface area contributed by atoms with Crippen LogP contribution in [0.15, 0.2) is 18.2 Å². The topological polar surface area (TPSA) is 67.6 Å². The fraction of sp³-hybridized carbons (Fsp3) is 0.571. The first-order valence-electron chi connectivity index (χ1n) is 6.88. The van der Waals surface area contributed by atoms with E-state index in [1.54, 1.807) is 6.07 Å². The number of morpholine rings is 1. The molecule has 0 aliphatic carbocycles. The summed E-state index contributed by atoms with van der Waals surface area (Å²) >= 11 is 0. The van der Waals surface area contributed by atoms with Gasteiger partial charge in [0.15, 0.2) is 0 Å². The molecule has 1 aliphatic rings. The average Bonchev–Trinajstić information content (AvgIpc) is 2.42. The summed E-state index contributed by atoms with van der Waals surface area (Å²) in [5, 5.41) is 14.4. The van der Waals surface area contributed by atoms with Crippen molar-refractivity contribution in [1.82, 2.24) is 4.90 Å². The first kappa shape index (κ1) is 14.7. The van der Waals surface area contributed by atoms with E-state index in [4.69, 9.17) is 4.74 Å². The maximum Gasteiger partial charge on any atom is 0.292 e. The summed E-state index contributed by atoms with van der Waals surface area (Å²) in [6.45, 7) is 8.15. The van der Waals surface area contributed by atoms with Crippen molar-refractivity contribution in [1.29, 1.82) is 0 Å². The predicted molar refractivity (Wildman–Crippen MR) is 78.2 cm³/mol. The molecule has 0 amide bonds. The van der Waals surface area contributed by atoms with Crippen molar-refractivity contribution in [2.75, 3.05) is 38.2 Å². The van der Waals surface area contributed by atoms with Crippen molar-refractivity contribution in [2.24, 2.45) is 0 Å². The largest absolute Gasteiger partial charge is 0.379 e. The zero-order valence-corrected chi connectivity index (χ0v) is 12.0. The number of hydrogen-bond acceptors (Lipinski definition) is 5. The van der Waals surface area contributed by atoms with Gasteiger partial charge in [-0.15, -0.1) is 0 Å². The molecule has 6 heteroatoms. The molecule has 0 aromatic heterocycles. The van der Waals surface area contributed by atoms with Crippen LogP contribution in [0.1, 0.15) is 12.5 Å². The Morgan fingerprint density at radius 3 is 2.80 bits per heavy atom. The van der Waals surface area contributed by atoms with E-state index < -0.39 is 0 Å². The highest BCUT2D eigenvalue weighted by atomic mass is 16.6. The molecule has 0 saturated carbocycles. The molecule has 1 atom stereocenters. The Balaban J connectivity index is 2.03. The lowest BCUT2D eigenvalue weighted by molar-refractivity contribution is -0.384. The molecule has 0 bridgehead atoms. The lowest BCUT2D eigenvalue weighted by atomic mass is 10.1. The van der Waals surface area contributed by atoms with Gasteiger partial charge in [0.2, 0.25) is 0 Å². The number of anilines is 1. The van der Waals surface area contributed by atoms with Crippen molar-refractivity contribution >= 4 is 11.4 Å². The second kappa shape index (κ2) is 6.67. The lowest BCUT2D eigenvalue weighted by Gasteiger charge is -2.29. The lowest BCUT2D eigenvalue weighted by Crippen LogP contribution is -2.42. The van der Waals surface area contributed by atoms with Gasteiger partial charge in [0.05, 0.1) is 18.1 Å². The Morgan fingerprint density at radius 2 is 2.15 bits per heavy atom. The zero-order chi connectivity index (χ0) is 14.5. The van der Waals surface area contributed by atoms with Crippen LogP contribution >= 0.6 is 0 Å². The maximum atomic E-state index is 11.1. The Bertz CT molecular complexity index is 473. The molecule has 0 spiro atoms. The van der Waals surface area contributed by atoms with Gasteiger partial charge in [0.25, 0.3) is 5.69 Å². The van der Waals surface area contributed by atoms with Crippen molar-refractivity contribution in [3.8, 4) is 0 Å². The first-order valence-corrected chi connectivity index (χ1v) is 6.88. The Morgan fingerprint density at radius 1 is 1.45 bits per heavy atom. The van der Waals surface area contributed by atoms with Gasteiger partial charge in [-0.25, -0.2) is 0 Å². The number of nitro benzene ring substituents is 1. The fourth-order valence-electron chi connectivity index (χ4n) is 2.46. The summed E-state index contributed by atoms with van der Waals surface area (Å²) in [6.07, 6.45) is 0. The molecule has 1 aliphatic heterocycles. The quantitative estimate of drug-likeness (QED) is 0.660. The van der Waals surface area contributed by atoms with E-state index in [0.29, 0.717) is 5.69 Å². The molecule has 1 fully saturated rings. The molecule has 110 valence electrons. The van der Waals surface area contributed by atoms with Crippen LogP contribution in [0.4, 0.5) is 11.4 Å². The minimum Gasteiger partial charge on any atom is -0.379 e. The predicted octanol–water partition coefficient (Wildman–Crippen LogP) is 2.04. The SMILES string of the molecule is Cc1cccc([N+](=O)[O-])c1NC(C)CN1CCOCC1. The molecule has 1 saturated heterocycles. The smallest absolute Gasteiger partial charge is 0.292 e. The second-order valence-electron chi connectivity index (χ2n) is 5.18. The van der Waals surface area contributed by atoms with Crippen molar-refractivity contribution < 1.29 is 9.66 Å². The third kappa shape index (κ3) is 3.68. The molecule has 2 rings (SSSR count). The van der Waals surface area contributed by atoms with Gasteiger partial charge in [-0.2, -0.15) is 0 Å². The number of aryl methyl sites for hydroxylation is 1. The third-order valence-corrected chi connectivity index (χ3v) is 3.47. The molecule has 1 aromatic rings. The first-order chi connectivity index (χ1) is 9.58. The van der Waals surface area contributed by atoms with E-state index in [2.05, 4.69) is 10.2 Å². The highest BCUT2D eigenvalue weighted by Crippen LogP contribution is 2.28. The third-order valence-electron chi connectivity index (χ3n) is 3.47. The van der Waals surface area contributed by atoms with Crippen LogP contribution in [0.25, 0.3) is 0 Å². The zero-order valence-electron chi connectivity index (χ0n) is 12.0. The fourth-order valence-corrected chi connectivity index (χ4v) is 2.46. The number of rotatable bonds is 5. The van der Waals surface area contributed by atoms with Gasteiger partial charge in [-0.3, -0.25) is 15.0 Å². The number of nitrogens with one attached hydrogen (secondary N) is 1. The molecular weight excluding hydrogens is 258 g/mol. The van der Waals surface area contributed by atoms with E-state index in [-0.39, 0.29) is 16.7 Å². The Hall–Kier alpha value is -1.66. The summed E-state index contributed by atoms with van der Waals surface area (Å²) in [4.78, 5) is 13.1. The number of nitro groups is 1. The van der Waals surface area contributed by atoms with Crippen LogP contribution in [0, 0.1) is 17.0 Å². The van der Waals surface area contributed by atoms with Crippen LogP contribution in [0.5, 0.6) is 0 Å². The van der Waals surface area contributed by atoms with Crippen molar-refractivity contribution in [2.45, 2.75) is 19.9 Å². The van der Waals surface area contributed by atoms with E-state index in [1.807, 2.05) is 19.9 Å².